The Kier molecular flexibility index (Phi) is 7.60. The second-order valence-electron chi connectivity index (χ2n) is 7.07. The normalized spacial score (nSPS) is 11.4. The fourth-order valence-electron chi connectivity index (χ4n) is 2.61. The number of sulfone groups is 1. The summed E-state index contributed by atoms with van der Waals surface area (Å²) in [6.45, 7) is 5.15. The Labute approximate surface area is 200 Å². The Morgan fingerprint density at radius 2 is 1.94 bits per heavy atom. The number of hydrogen-bond acceptors (Lipinski definition) is 8. The number of nitrogens with zero attached hydrogens (tertiary/aromatic N) is 2. The first kappa shape index (κ1) is 24.2. The first-order valence-corrected chi connectivity index (χ1v) is 12.8. The van der Waals surface area contributed by atoms with Gasteiger partial charge >= 0.3 is 0 Å². The van der Waals surface area contributed by atoms with Gasteiger partial charge in [0.05, 0.1) is 17.1 Å². The summed E-state index contributed by atoms with van der Waals surface area (Å²) < 4.78 is 25.5. The van der Waals surface area contributed by atoms with E-state index in [-0.39, 0.29) is 32.8 Å². The summed E-state index contributed by atoms with van der Waals surface area (Å²) in [6, 6.07) is 6.99. The van der Waals surface area contributed by atoms with Gasteiger partial charge in [0.15, 0.2) is 15.7 Å². The number of aromatic nitrogens is 2. The molecule has 0 spiro atoms. The summed E-state index contributed by atoms with van der Waals surface area (Å²) >= 11 is 12.9. The summed E-state index contributed by atoms with van der Waals surface area (Å²) in [6.07, 6.45) is 1.41. The lowest BCUT2D eigenvalue weighted by atomic mass is 10.2. The Morgan fingerprint density at radius 1 is 1.19 bits per heavy atom. The van der Waals surface area contributed by atoms with Gasteiger partial charge in [0, 0.05) is 11.4 Å². The third-order valence-corrected chi connectivity index (χ3v) is 8.58. The third-order valence-electron chi connectivity index (χ3n) is 4.40. The largest absolute Gasteiger partial charge is 0.337 e. The van der Waals surface area contributed by atoms with E-state index in [1.54, 1.807) is 37.4 Å². The number of rotatable bonds is 8. The van der Waals surface area contributed by atoms with Gasteiger partial charge in [0.2, 0.25) is 11.9 Å². The van der Waals surface area contributed by atoms with Crippen LogP contribution in [0.2, 0.25) is 5.02 Å². The number of amides is 1. The smallest absolute Gasteiger partial charge is 0.239 e. The second kappa shape index (κ2) is 10.0. The van der Waals surface area contributed by atoms with Crippen LogP contribution < -0.4 is 16.0 Å². The van der Waals surface area contributed by atoms with E-state index in [0.29, 0.717) is 17.1 Å². The lowest BCUT2D eigenvalue weighted by Crippen LogP contribution is -2.14. The van der Waals surface area contributed by atoms with E-state index in [9.17, 15) is 13.2 Å². The highest BCUT2D eigenvalue weighted by molar-refractivity contribution is 7.94. The maximum atomic E-state index is 12.6. The molecule has 0 aliphatic rings. The molecule has 0 radical (unpaired) electrons. The number of anilines is 5. The van der Waals surface area contributed by atoms with Crippen molar-refractivity contribution in [1.82, 2.24) is 9.97 Å². The number of thiophene rings is 1. The van der Waals surface area contributed by atoms with Crippen molar-refractivity contribution in [2.75, 3.05) is 21.8 Å². The predicted molar refractivity (Wildman–Crippen MR) is 131 cm³/mol. The molecule has 0 fully saturated rings. The summed E-state index contributed by atoms with van der Waals surface area (Å²) in [5.74, 6) is 0.0261. The van der Waals surface area contributed by atoms with Crippen molar-refractivity contribution in [3.63, 3.8) is 0 Å². The van der Waals surface area contributed by atoms with Crippen LogP contribution in [-0.4, -0.2) is 35.4 Å². The molecule has 0 bridgehead atoms. The summed E-state index contributed by atoms with van der Waals surface area (Å²) in [4.78, 5) is 20.1. The van der Waals surface area contributed by atoms with Gasteiger partial charge in [-0.2, -0.15) is 4.98 Å². The zero-order chi connectivity index (χ0) is 23.5. The molecule has 0 aliphatic heterocycles. The van der Waals surface area contributed by atoms with Crippen molar-refractivity contribution in [2.24, 2.45) is 0 Å². The van der Waals surface area contributed by atoms with Gasteiger partial charge < -0.3 is 16.0 Å². The lowest BCUT2D eigenvalue weighted by molar-refractivity contribution is -0.113. The second-order valence-corrected chi connectivity index (χ2v) is 11.4. The van der Waals surface area contributed by atoms with E-state index in [4.69, 9.17) is 23.2 Å². The van der Waals surface area contributed by atoms with E-state index in [0.717, 1.165) is 16.9 Å². The molecule has 0 saturated heterocycles. The minimum atomic E-state index is -3.47. The standard InChI is InChI=1S/C20H21Cl2N5O3S2/c1-11(2)32(29,30)19-15(6-7-31-19)25-18-14(22)10-23-20(27-18)26-16-8-13(5-4-12(16)3)24-17(28)9-21/h4-8,10-11H,9H2,1-3H3,(H,24,28)(H2,23,25,26,27). The monoisotopic (exact) mass is 513 g/mol. The van der Waals surface area contributed by atoms with Crippen LogP contribution >= 0.6 is 34.5 Å². The highest BCUT2D eigenvalue weighted by Crippen LogP contribution is 2.34. The minimum Gasteiger partial charge on any atom is -0.337 e. The SMILES string of the molecule is Cc1ccc(NC(=O)CCl)cc1Nc1ncc(Cl)c(Nc2ccsc2S(=O)(=O)C(C)C)n1. The van der Waals surface area contributed by atoms with Crippen LogP contribution in [0, 0.1) is 6.92 Å². The predicted octanol–water partition coefficient (Wildman–Crippen LogP) is 5.35. The number of carbonyl (C=O) groups excluding carboxylic acids is 1. The van der Waals surface area contributed by atoms with Crippen LogP contribution in [0.25, 0.3) is 0 Å². The molecule has 8 nitrogen and oxygen atoms in total. The van der Waals surface area contributed by atoms with Crippen LogP contribution in [0.5, 0.6) is 0 Å². The molecule has 3 aromatic rings. The van der Waals surface area contributed by atoms with Gasteiger partial charge in [-0.15, -0.1) is 22.9 Å². The number of nitrogens with one attached hydrogen (secondary N) is 3. The van der Waals surface area contributed by atoms with Crippen molar-refractivity contribution >= 4 is 79.1 Å². The van der Waals surface area contributed by atoms with E-state index < -0.39 is 15.1 Å². The van der Waals surface area contributed by atoms with Crippen LogP contribution in [0.4, 0.5) is 28.8 Å². The fourth-order valence-corrected chi connectivity index (χ4v) is 5.53. The zero-order valence-corrected chi connectivity index (χ0v) is 20.6. The first-order chi connectivity index (χ1) is 15.1. The van der Waals surface area contributed by atoms with Crippen molar-refractivity contribution in [1.29, 1.82) is 0 Å². The highest BCUT2D eigenvalue weighted by Gasteiger charge is 2.25. The molecule has 1 amide bonds. The molecule has 0 unspecified atom stereocenters. The Morgan fingerprint density at radius 3 is 2.62 bits per heavy atom. The Bertz CT molecular complexity index is 1250. The number of hydrogen-bond donors (Lipinski definition) is 3. The molecular weight excluding hydrogens is 493 g/mol. The summed E-state index contributed by atoms with van der Waals surface area (Å²) in [7, 11) is -3.47. The molecule has 2 aromatic heterocycles. The zero-order valence-electron chi connectivity index (χ0n) is 17.4. The van der Waals surface area contributed by atoms with Gasteiger partial charge in [-0.1, -0.05) is 17.7 Å². The van der Waals surface area contributed by atoms with Crippen LogP contribution in [0.1, 0.15) is 19.4 Å². The summed E-state index contributed by atoms with van der Waals surface area (Å²) in [5, 5.41) is 10.1. The van der Waals surface area contributed by atoms with E-state index in [1.807, 2.05) is 13.0 Å². The molecule has 2 heterocycles. The molecular formula is C20H21Cl2N5O3S2. The maximum Gasteiger partial charge on any atom is 0.239 e. The number of benzene rings is 1. The Hall–Kier alpha value is -2.40. The average Bonchev–Trinajstić information content (AvgIpc) is 3.21. The minimum absolute atomic E-state index is 0.150. The molecule has 3 rings (SSSR count). The van der Waals surface area contributed by atoms with Gasteiger partial charge in [-0.25, -0.2) is 13.4 Å². The third kappa shape index (κ3) is 5.50. The number of aryl methyl sites for hydroxylation is 1. The van der Waals surface area contributed by atoms with Gasteiger partial charge in [-0.05, 0) is 49.9 Å². The van der Waals surface area contributed by atoms with Crippen LogP contribution in [0.15, 0.2) is 40.1 Å². The average molecular weight is 514 g/mol. The van der Waals surface area contributed by atoms with E-state index >= 15 is 0 Å². The Balaban J connectivity index is 1.88. The number of alkyl halides is 1. The van der Waals surface area contributed by atoms with E-state index in [1.165, 1.54) is 6.20 Å². The first-order valence-electron chi connectivity index (χ1n) is 9.46. The van der Waals surface area contributed by atoms with Crippen molar-refractivity contribution in [3.8, 4) is 0 Å². The summed E-state index contributed by atoms with van der Waals surface area (Å²) in [5.41, 5.74) is 2.53. The molecule has 3 N–H and O–H groups in total. The number of carbonyl (C=O) groups is 1. The van der Waals surface area contributed by atoms with Crippen molar-refractivity contribution < 1.29 is 13.2 Å². The van der Waals surface area contributed by atoms with Gasteiger partial charge in [0.1, 0.15) is 15.1 Å². The van der Waals surface area contributed by atoms with Crippen LogP contribution in [0.3, 0.4) is 0 Å². The molecule has 12 heteroatoms. The lowest BCUT2D eigenvalue weighted by Gasteiger charge is -2.14. The quantitative estimate of drug-likeness (QED) is 0.348. The van der Waals surface area contributed by atoms with Gasteiger partial charge in [-0.3, -0.25) is 4.79 Å². The topological polar surface area (TPSA) is 113 Å². The molecule has 1 aromatic carbocycles. The molecule has 0 saturated carbocycles. The molecule has 0 atom stereocenters. The highest BCUT2D eigenvalue weighted by atomic mass is 35.5. The van der Waals surface area contributed by atoms with Crippen molar-refractivity contribution in [2.45, 2.75) is 30.2 Å². The maximum absolute atomic E-state index is 12.6. The van der Waals surface area contributed by atoms with Gasteiger partial charge in [0.25, 0.3) is 0 Å². The number of halogens is 2. The fraction of sp³-hybridized carbons (Fsp3) is 0.250. The van der Waals surface area contributed by atoms with Crippen LogP contribution in [-0.2, 0) is 14.6 Å². The molecule has 170 valence electrons. The molecule has 0 aliphatic carbocycles. The van der Waals surface area contributed by atoms with Crippen molar-refractivity contribution in [3.05, 3.63) is 46.4 Å². The molecule has 32 heavy (non-hydrogen) atoms. The van der Waals surface area contributed by atoms with E-state index in [2.05, 4.69) is 25.9 Å².